The molecule has 0 spiro atoms. The van der Waals surface area contributed by atoms with E-state index in [2.05, 4.69) is 34.3 Å². The Balaban J connectivity index is 0.000000448. The van der Waals surface area contributed by atoms with Crippen LogP contribution in [-0.4, -0.2) is 84.4 Å². The minimum absolute atomic E-state index is 0.174. The molecule has 2 fully saturated rings. The van der Waals surface area contributed by atoms with Gasteiger partial charge in [0.05, 0.1) is 7.11 Å². The van der Waals surface area contributed by atoms with Crippen molar-refractivity contribution >= 4 is 17.8 Å². The van der Waals surface area contributed by atoms with E-state index in [1.165, 1.54) is 24.8 Å². The number of nitrogens with zero attached hydrogens (tertiary/aromatic N) is 3. The number of halogens is 3. The molecule has 3 aliphatic rings. The number of aliphatic carboxylic acids is 1. The highest BCUT2D eigenvalue weighted by Gasteiger charge is 2.58. The average Bonchev–Trinajstić information content (AvgIpc) is 3.43. The molecule has 1 aliphatic carbocycles. The van der Waals surface area contributed by atoms with Crippen LogP contribution in [0, 0.1) is 11.8 Å². The number of carbonyl (C=O) groups excluding carboxylic acids is 1. The Kier molecular flexibility index (Phi) is 9.12. The molecular weight excluding hydrogens is 513 g/mol. The maximum atomic E-state index is 12.6. The number of carboxylic acids is 1. The molecular formula is C28H35F3N4O4. The maximum Gasteiger partial charge on any atom is 0.490 e. The lowest BCUT2D eigenvalue weighted by Crippen LogP contribution is -2.38. The Morgan fingerprint density at radius 2 is 1.85 bits per heavy atom. The lowest BCUT2D eigenvalue weighted by Gasteiger charge is -2.29. The highest BCUT2D eigenvalue weighted by molar-refractivity contribution is 5.77. The topological polar surface area (TPSA) is 95.0 Å². The van der Waals surface area contributed by atoms with Gasteiger partial charge in [-0.3, -0.25) is 4.90 Å². The van der Waals surface area contributed by atoms with E-state index < -0.39 is 12.1 Å². The first-order valence-electron chi connectivity index (χ1n) is 13.2. The summed E-state index contributed by atoms with van der Waals surface area (Å²) in [5.41, 5.74) is 3.56. The Hall–Kier alpha value is -3.18. The van der Waals surface area contributed by atoms with Crippen molar-refractivity contribution in [1.82, 2.24) is 14.8 Å². The SMILES string of the molecule is COC(=O)C(c1ccccc1)N(C)C1[C@H]2CN(CCCc3ccc4c(n3)NCCC4)C[C@@H]12.O=C(O)C(F)(F)F. The number of anilines is 1. The van der Waals surface area contributed by atoms with E-state index in [0.29, 0.717) is 17.9 Å². The fourth-order valence-corrected chi connectivity index (χ4v) is 5.82. The van der Waals surface area contributed by atoms with Crippen LogP contribution < -0.4 is 5.32 Å². The summed E-state index contributed by atoms with van der Waals surface area (Å²) in [6.45, 7) is 4.41. The van der Waals surface area contributed by atoms with Crippen molar-refractivity contribution in [3.8, 4) is 0 Å². The van der Waals surface area contributed by atoms with Crippen LogP contribution in [0.15, 0.2) is 42.5 Å². The summed E-state index contributed by atoms with van der Waals surface area (Å²) in [5.74, 6) is -0.524. The van der Waals surface area contributed by atoms with Crippen molar-refractivity contribution in [2.75, 3.05) is 45.7 Å². The number of likely N-dealkylation sites (tertiary alicyclic amines) is 1. The van der Waals surface area contributed by atoms with E-state index in [4.69, 9.17) is 19.6 Å². The summed E-state index contributed by atoms with van der Waals surface area (Å²) in [6, 6.07) is 14.6. The minimum atomic E-state index is -5.08. The fourth-order valence-electron chi connectivity index (χ4n) is 5.82. The highest BCUT2D eigenvalue weighted by Crippen LogP contribution is 2.50. The van der Waals surface area contributed by atoms with Crippen LogP contribution in [0.5, 0.6) is 0 Å². The molecule has 39 heavy (non-hydrogen) atoms. The number of piperidine rings is 1. The van der Waals surface area contributed by atoms with Crippen LogP contribution in [0.2, 0.25) is 0 Å². The van der Waals surface area contributed by atoms with E-state index in [9.17, 15) is 18.0 Å². The number of likely N-dealkylation sites (N-methyl/N-ethyl adjacent to an activating group) is 1. The number of pyridine rings is 1. The van der Waals surface area contributed by atoms with E-state index in [-0.39, 0.29) is 12.0 Å². The third kappa shape index (κ3) is 7.07. The number of alkyl halides is 3. The number of rotatable bonds is 8. The molecule has 2 aliphatic heterocycles. The summed E-state index contributed by atoms with van der Waals surface area (Å²) in [7, 11) is 3.56. The van der Waals surface area contributed by atoms with Gasteiger partial charge in [-0.05, 0) is 68.3 Å². The second-order valence-electron chi connectivity index (χ2n) is 10.3. The number of ether oxygens (including phenoxy) is 1. The number of fused-ring (bicyclic) bond motifs is 2. The number of carboxylic acid groups (broad SMARTS) is 1. The van der Waals surface area contributed by atoms with Gasteiger partial charge in [-0.25, -0.2) is 14.6 Å². The molecule has 0 amide bonds. The molecule has 212 valence electrons. The molecule has 1 saturated heterocycles. The second kappa shape index (κ2) is 12.3. The standard InChI is InChI=1S/C26H34N4O2.C2HF3O2/c1-29(23(26(31)32-2)18-8-4-3-5-9-18)24-21-16-30(17-22(21)24)15-7-11-20-13-12-19-10-6-14-27-25(19)28-20;3-2(4,5)1(6)7/h3-5,8-9,12-13,21-24H,6-7,10-11,14-17H2,1-2H3,(H,27,28);(H,6,7)/t21-,22+,23?,24?;. The Morgan fingerprint density at radius 3 is 2.46 bits per heavy atom. The summed E-state index contributed by atoms with van der Waals surface area (Å²) in [5, 5.41) is 10.6. The molecule has 1 aromatic carbocycles. The number of hydrogen-bond donors (Lipinski definition) is 2. The Morgan fingerprint density at radius 1 is 1.18 bits per heavy atom. The number of esters is 1. The molecule has 8 nitrogen and oxygen atoms in total. The quantitative estimate of drug-likeness (QED) is 0.482. The van der Waals surface area contributed by atoms with Crippen LogP contribution in [0.3, 0.4) is 0 Å². The number of carbonyl (C=O) groups is 2. The zero-order chi connectivity index (χ0) is 28.2. The van der Waals surface area contributed by atoms with Crippen molar-refractivity contribution in [3.63, 3.8) is 0 Å². The smallest absolute Gasteiger partial charge is 0.475 e. The van der Waals surface area contributed by atoms with Gasteiger partial charge in [0.1, 0.15) is 11.9 Å². The predicted molar refractivity (Wildman–Crippen MR) is 139 cm³/mol. The van der Waals surface area contributed by atoms with E-state index in [1.807, 2.05) is 30.3 Å². The normalized spacial score (nSPS) is 22.6. The first-order valence-corrected chi connectivity index (χ1v) is 13.2. The van der Waals surface area contributed by atoms with Crippen LogP contribution in [-0.2, 0) is 27.2 Å². The third-order valence-electron chi connectivity index (χ3n) is 7.74. The first-order chi connectivity index (χ1) is 18.6. The van der Waals surface area contributed by atoms with Gasteiger partial charge in [0, 0.05) is 31.4 Å². The molecule has 2 unspecified atom stereocenters. The zero-order valence-corrected chi connectivity index (χ0v) is 22.2. The maximum absolute atomic E-state index is 12.6. The molecule has 2 N–H and O–H groups in total. The minimum Gasteiger partial charge on any atom is -0.475 e. The number of benzene rings is 1. The van der Waals surface area contributed by atoms with Gasteiger partial charge in [-0.15, -0.1) is 0 Å². The molecule has 5 rings (SSSR count). The highest BCUT2D eigenvalue weighted by atomic mass is 19.4. The van der Waals surface area contributed by atoms with Crippen LogP contribution >= 0.6 is 0 Å². The molecule has 3 heterocycles. The zero-order valence-electron chi connectivity index (χ0n) is 22.2. The molecule has 1 aromatic heterocycles. The van der Waals surface area contributed by atoms with Gasteiger partial charge >= 0.3 is 18.1 Å². The van der Waals surface area contributed by atoms with Crippen molar-refractivity contribution in [2.24, 2.45) is 11.8 Å². The van der Waals surface area contributed by atoms with Gasteiger partial charge in [0.25, 0.3) is 0 Å². The lowest BCUT2D eigenvalue weighted by molar-refractivity contribution is -0.192. The molecule has 1 saturated carbocycles. The number of aryl methyl sites for hydroxylation is 2. The van der Waals surface area contributed by atoms with Crippen molar-refractivity contribution in [3.05, 3.63) is 59.3 Å². The summed E-state index contributed by atoms with van der Waals surface area (Å²) < 4.78 is 36.9. The molecule has 4 atom stereocenters. The van der Waals surface area contributed by atoms with Crippen molar-refractivity contribution in [2.45, 2.75) is 43.9 Å². The number of hydrogen-bond acceptors (Lipinski definition) is 7. The molecule has 0 radical (unpaired) electrons. The Labute approximate surface area is 226 Å². The number of nitrogens with one attached hydrogen (secondary N) is 1. The van der Waals surface area contributed by atoms with Gasteiger partial charge < -0.3 is 20.1 Å². The summed E-state index contributed by atoms with van der Waals surface area (Å²) in [4.78, 5) is 31.1. The third-order valence-corrected chi connectivity index (χ3v) is 7.74. The fraction of sp³-hybridized carbons (Fsp3) is 0.536. The van der Waals surface area contributed by atoms with Gasteiger partial charge in [0.2, 0.25) is 0 Å². The summed E-state index contributed by atoms with van der Waals surface area (Å²) >= 11 is 0. The van der Waals surface area contributed by atoms with Crippen LogP contribution in [0.25, 0.3) is 0 Å². The van der Waals surface area contributed by atoms with E-state index in [1.54, 1.807) is 0 Å². The number of methoxy groups -OCH3 is 1. The van der Waals surface area contributed by atoms with Gasteiger partial charge in [-0.1, -0.05) is 36.4 Å². The van der Waals surface area contributed by atoms with E-state index >= 15 is 0 Å². The largest absolute Gasteiger partial charge is 0.490 e. The van der Waals surface area contributed by atoms with Crippen molar-refractivity contribution < 1.29 is 32.6 Å². The van der Waals surface area contributed by atoms with Crippen LogP contribution in [0.1, 0.15) is 35.7 Å². The molecule has 11 heteroatoms. The number of aromatic nitrogens is 1. The van der Waals surface area contributed by atoms with Crippen molar-refractivity contribution in [1.29, 1.82) is 0 Å². The Bertz CT molecular complexity index is 1140. The lowest BCUT2D eigenvalue weighted by atomic mass is 10.1. The second-order valence-corrected chi connectivity index (χ2v) is 10.3. The van der Waals surface area contributed by atoms with E-state index in [0.717, 1.165) is 56.8 Å². The molecule has 2 aromatic rings. The first kappa shape index (κ1) is 28.8. The van der Waals surface area contributed by atoms with Crippen LogP contribution in [0.4, 0.5) is 19.0 Å². The molecule has 0 bridgehead atoms. The van der Waals surface area contributed by atoms with Gasteiger partial charge in [-0.2, -0.15) is 13.2 Å². The monoisotopic (exact) mass is 548 g/mol. The summed E-state index contributed by atoms with van der Waals surface area (Å²) in [6.07, 6.45) is -0.570. The average molecular weight is 549 g/mol. The van der Waals surface area contributed by atoms with Gasteiger partial charge in [0.15, 0.2) is 0 Å². The predicted octanol–water partition coefficient (Wildman–Crippen LogP) is 3.78.